The highest BCUT2D eigenvalue weighted by Gasteiger charge is 2.15. The number of ether oxygens (including phenoxy) is 1. The summed E-state index contributed by atoms with van der Waals surface area (Å²) in [4.78, 5) is 30.4. The Morgan fingerprint density at radius 3 is 2.58 bits per heavy atom. The van der Waals surface area contributed by atoms with E-state index in [1.165, 1.54) is 12.1 Å². The Hall–Kier alpha value is -3.78. The molecule has 4 aromatic rings. The molecule has 8 heteroatoms. The van der Waals surface area contributed by atoms with Gasteiger partial charge in [-0.3, -0.25) is 9.59 Å². The van der Waals surface area contributed by atoms with Crippen LogP contribution in [0.25, 0.3) is 16.6 Å². The highest BCUT2D eigenvalue weighted by atomic mass is 32.1. The first-order valence-electron chi connectivity index (χ1n) is 10.4. The van der Waals surface area contributed by atoms with Crippen LogP contribution in [0.3, 0.4) is 0 Å². The Balaban J connectivity index is 1.51. The maximum atomic E-state index is 14.2. The van der Waals surface area contributed by atoms with E-state index in [1.54, 1.807) is 42.3 Å². The molecule has 4 rings (SSSR count). The van der Waals surface area contributed by atoms with Crippen LogP contribution in [0, 0.1) is 10.6 Å². The van der Waals surface area contributed by atoms with E-state index < -0.39 is 11.4 Å². The van der Waals surface area contributed by atoms with Crippen molar-refractivity contribution in [2.45, 2.75) is 6.42 Å². The lowest BCUT2D eigenvalue weighted by molar-refractivity contribution is 0.0788. The van der Waals surface area contributed by atoms with E-state index in [0.29, 0.717) is 36.0 Å². The predicted octanol–water partition coefficient (Wildman–Crippen LogP) is 4.73. The van der Waals surface area contributed by atoms with Crippen molar-refractivity contribution in [1.82, 2.24) is 14.5 Å². The largest absolute Gasteiger partial charge is 0.494 e. The van der Waals surface area contributed by atoms with Gasteiger partial charge in [0.05, 0.1) is 23.2 Å². The van der Waals surface area contributed by atoms with Crippen molar-refractivity contribution in [2.24, 2.45) is 0 Å². The Bertz CT molecular complexity index is 1420. The van der Waals surface area contributed by atoms with Crippen LogP contribution in [0.15, 0.2) is 77.6 Å². The zero-order valence-electron chi connectivity index (χ0n) is 18.0. The molecule has 168 valence electrons. The van der Waals surface area contributed by atoms with Gasteiger partial charge in [0.25, 0.3) is 11.5 Å². The quantitative estimate of drug-likeness (QED) is 0.318. The molecular weight excluding hydrogens is 441 g/mol. The fourth-order valence-corrected chi connectivity index (χ4v) is 3.82. The number of H-pyrrole nitrogens is 1. The summed E-state index contributed by atoms with van der Waals surface area (Å²) < 4.78 is 21.1. The van der Waals surface area contributed by atoms with Gasteiger partial charge in [0, 0.05) is 19.2 Å². The fourth-order valence-electron chi connectivity index (χ4n) is 3.53. The number of hydrogen-bond acceptors (Lipinski definition) is 4. The third-order valence-corrected chi connectivity index (χ3v) is 5.52. The molecule has 0 spiro atoms. The van der Waals surface area contributed by atoms with Gasteiger partial charge >= 0.3 is 0 Å². The van der Waals surface area contributed by atoms with Gasteiger partial charge < -0.3 is 14.6 Å². The molecule has 0 unspecified atom stereocenters. The molecule has 0 aliphatic heterocycles. The summed E-state index contributed by atoms with van der Waals surface area (Å²) in [6, 6.07) is 20.2. The van der Waals surface area contributed by atoms with Crippen LogP contribution < -0.4 is 10.3 Å². The number of carbonyl (C=O) groups excluding carboxylic acids is 1. The van der Waals surface area contributed by atoms with E-state index in [0.717, 1.165) is 10.3 Å². The van der Waals surface area contributed by atoms with E-state index in [1.807, 2.05) is 30.3 Å². The Morgan fingerprint density at radius 1 is 1.09 bits per heavy atom. The van der Waals surface area contributed by atoms with Crippen molar-refractivity contribution < 1.29 is 13.9 Å². The van der Waals surface area contributed by atoms with Gasteiger partial charge in [-0.05, 0) is 61.1 Å². The van der Waals surface area contributed by atoms with Gasteiger partial charge in [0.2, 0.25) is 0 Å². The first-order chi connectivity index (χ1) is 16.0. The molecule has 0 radical (unpaired) electrons. The molecule has 1 heterocycles. The lowest BCUT2D eigenvalue weighted by Crippen LogP contribution is -2.29. The van der Waals surface area contributed by atoms with Gasteiger partial charge in [-0.2, -0.15) is 0 Å². The maximum Gasteiger partial charge on any atom is 0.266 e. The number of aromatic amines is 1. The molecule has 0 atom stereocenters. The van der Waals surface area contributed by atoms with E-state index in [-0.39, 0.29) is 16.4 Å². The molecule has 0 aliphatic rings. The van der Waals surface area contributed by atoms with Crippen LogP contribution in [0.4, 0.5) is 4.39 Å². The minimum atomic E-state index is -0.553. The number of rotatable bonds is 7. The van der Waals surface area contributed by atoms with Crippen molar-refractivity contribution in [3.8, 4) is 11.4 Å². The number of aromatic nitrogens is 2. The molecule has 0 fully saturated rings. The van der Waals surface area contributed by atoms with Gasteiger partial charge in [-0.1, -0.05) is 30.3 Å². The second-order valence-electron chi connectivity index (χ2n) is 7.52. The monoisotopic (exact) mass is 463 g/mol. The van der Waals surface area contributed by atoms with E-state index in [2.05, 4.69) is 4.98 Å². The van der Waals surface area contributed by atoms with E-state index in [9.17, 15) is 14.0 Å². The van der Waals surface area contributed by atoms with E-state index in [4.69, 9.17) is 17.0 Å². The maximum absolute atomic E-state index is 14.2. The lowest BCUT2D eigenvalue weighted by Gasteiger charge is -2.18. The van der Waals surface area contributed by atoms with Crippen LogP contribution in [-0.4, -0.2) is 40.6 Å². The Labute approximate surface area is 194 Å². The average Bonchev–Trinajstić information content (AvgIpc) is 2.82. The topological polar surface area (TPSA) is 67.3 Å². The molecule has 1 amide bonds. The number of halogens is 1. The number of para-hydroxylation sites is 2. The minimum absolute atomic E-state index is 0.0496. The van der Waals surface area contributed by atoms with Crippen LogP contribution in [0.5, 0.6) is 5.75 Å². The first-order valence-corrected chi connectivity index (χ1v) is 10.8. The summed E-state index contributed by atoms with van der Waals surface area (Å²) in [5, 5.41) is 0.308. The fraction of sp³-hybridized carbons (Fsp3) is 0.160. The Morgan fingerprint density at radius 2 is 1.82 bits per heavy atom. The van der Waals surface area contributed by atoms with Crippen LogP contribution in [-0.2, 0) is 0 Å². The highest BCUT2D eigenvalue weighted by Crippen LogP contribution is 2.16. The predicted molar refractivity (Wildman–Crippen MR) is 128 cm³/mol. The zero-order chi connectivity index (χ0) is 23.4. The molecule has 33 heavy (non-hydrogen) atoms. The number of fused-ring (bicyclic) bond motifs is 1. The first kappa shape index (κ1) is 22.4. The molecule has 0 saturated carbocycles. The van der Waals surface area contributed by atoms with Gasteiger partial charge in [-0.15, -0.1) is 0 Å². The van der Waals surface area contributed by atoms with Gasteiger partial charge in [0.1, 0.15) is 11.6 Å². The zero-order valence-corrected chi connectivity index (χ0v) is 18.8. The molecule has 1 N–H and O–H groups in total. The van der Waals surface area contributed by atoms with Crippen LogP contribution >= 0.6 is 12.2 Å². The summed E-state index contributed by atoms with van der Waals surface area (Å²) >= 11 is 5.31. The second kappa shape index (κ2) is 9.79. The summed E-state index contributed by atoms with van der Waals surface area (Å²) in [5.41, 5.74) is 0.458. The number of benzene rings is 3. The number of nitrogens with zero attached hydrogens (tertiary/aromatic N) is 2. The summed E-state index contributed by atoms with van der Waals surface area (Å²) in [5.74, 6) is 0.0506. The van der Waals surface area contributed by atoms with Crippen molar-refractivity contribution in [3.05, 3.63) is 99.3 Å². The average molecular weight is 464 g/mol. The molecule has 6 nitrogen and oxygen atoms in total. The second-order valence-corrected chi connectivity index (χ2v) is 7.91. The smallest absolute Gasteiger partial charge is 0.266 e. The van der Waals surface area contributed by atoms with Gasteiger partial charge in [0.15, 0.2) is 4.77 Å². The number of amides is 1. The normalized spacial score (nSPS) is 10.8. The van der Waals surface area contributed by atoms with Crippen molar-refractivity contribution in [3.63, 3.8) is 0 Å². The molecule has 0 saturated heterocycles. The van der Waals surface area contributed by atoms with Crippen molar-refractivity contribution in [1.29, 1.82) is 0 Å². The van der Waals surface area contributed by atoms with Crippen LogP contribution in [0.2, 0.25) is 0 Å². The molecular formula is C25H22FN3O3S. The Kier molecular flexibility index (Phi) is 6.65. The summed E-state index contributed by atoms with van der Waals surface area (Å²) in [7, 11) is 1.72. The van der Waals surface area contributed by atoms with Crippen molar-refractivity contribution in [2.75, 3.05) is 20.2 Å². The minimum Gasteiger partial charge on any atom is -0.494 e. The number of carbonyl (C=O) groups is 1. The van der Waals surface area contributed by atoms with Gasteiger partial charge in [-0.25, -0.2) is 8.96 Å². The highest BCUT2D eigenvalue weighted by molar-refractivity contribution is 7.71. The molecule has 3 aromatic carbocycles. The molecule has 1 aromatic heterocycles. The van der Waals surface area contributed by atoms with Crippen LogP contribution in [0.1, 0.15) is 16.8 Å². The number of nitrogens with one attached hydrogen (secondary N) is 1. The van der Waals surface area contributed by atoms with Crippen molar-refractivity contribution >= 4 is 29.0 Å². The molecule has 0 aliphatic carbocycles. The SMILES string of the molecule is CN(CCCOc1ccccc1)C(=O)c1ccc2c(=O)n(-c3ccccc3F)c(=S)[nH]c2c1. The molecule has 0 bridgehead atoms. The number of hydrogen-bond donors (Lipinski definition) is 1. The lowest BCUT2D eigenvalue weighted by atomic mass is 10.1. The standard InChI is InChI=1S/C25H22FN3O3S/c1-28(14-7-15-32-18-8-3-2-4-9-18)23(30)17-12-13-19-21(16-17)27-25(33)29(24(19)31)22-11-6-5-10-20(22)26/h2-6,8-13,16H,7,14-15H2,1H3,(H,27,33). The third-order valence-electron chi connectivity index (χ3n) is 5.23. The summed E-state index contributed by atoms with van der Waals surface area (Å²) in [6.07, 6.45) is 0.667. The third kappa shape index (κ3) is 4.85. The summed E-state index contributed by atoms with van der Waals surface area (Å²) in [6.45, 7) is 0.997. The van der Waals surface area contributed by atoms with E-state index >= 15 is 0 Å².